The van der Waals surface area contributed by atoms with Gasteiger partial charge in [-0.3, -0.25) is 0 Å². The Labute approximate surface area is 85.8 Å². The van der Waals surface area contributed by atoms with Crippen molar-refractivity contribution < 1.29 is 5.11 Å². The van der Waals surface area contributed by atoms with Gasteiger partial charge in [0.15, 0.2) is 0 Å². The van der Waals surface area contributed by atoms with Crippen molar-refractivity contribution in [2.45, 2.75) is 46.1 Å². The van der Waals surface area contributed by atoms with E-state index in [0.29, 0.717) is 0 Å². The molecule has 0 amide bonds. The first-order chi connectivity index (χ1) is 6.41. The minimum atomic E-state index is 0.0338. The van der Waals surface area contributed by atoms with Gasteiger partial charge in [-0.15, -0.1) is 0 Å². The maximum Gasteiger partial charge on any atom is 0.114 e. The largest absolute Gasteiger partial charge is 0.390 e. The van der Waals surface area contributed by atoms with E-state index >= 15 is 0 Å². The fourth-order valence-electron chi connectivity index (χ4n) is 1.74. The summed E-state index contributed by atoms with van der Waals surface area (Å²) in [5, 5.41) is 9.25. The Hall–Kier alpha value is -0.830. The number of rotatable bonds is 2. The molecule has 1 heterocycles. The van der Waals surface area contributed by atoms with Crippen molar-refractivity contribution in [2.24, 2.45) is 7.05 Å². The van der Waals surface area contributed by atoms with E-state index in [9.17, 15) is 5.11 Å². The third-order valence-corrected chi connectivity index (χ3v) is 2.45. The molecular formula is C11H20N2O. The second-order valence-corrected chi connectivity index (χ2v) is 4.65. The first kappa shape index (κ1) is 11.2. The summed E-state index contributed by atoms with van der Waals surface area (Å²) in [6.45, 7) is 8.54. The van der Waals surface area contributed by atoms with E-state index in [2.05, 4.69) is 32.7 Å². The van der Waals surface area contributed by atoms with E-state index in [1.54, 1.807) is 0 Å². The van der Waals surface area contributed by atoms with Gasteiger partial charge >= 0.3 is 0 Å². The molecule has 14 heavy (non-hydrogen) atoms. The molecule has 0 radical (unpaired) electrons. The second kappa shape index (κ2) is 3.73. The molecule has 0 saturated heterocycles. The summed E-state index contributed by atoms with van der Waals surface area (Å²) in [4.78, 5) is 4.57. The summed E-state index contributed by atoms with van der Waals surface area (Å²) < 4.78 is 2.01. The van der Waals surface area contributed by atoms with Crippen LogP contribution in [0.4, 0.5) is 0 Å². The highest BCUT2D eigenvalue weighted by Gasteiger charge is 2.22. The maximum absolute atomic E-state index is 9.25. The number of aliphatic hydroxyl groups is 1. The highest BCUT2D eigenvalue weighted by atomic mass is 16.3. The summed E-state index contributed by atoms with van der Waals surface area (Å²) in [6, 6.07) is 0. The van der Waals surface area contributed by atoms with Crippen LogP contribution in [0.15, 0.2) is 0 Å². The molecular weight excluding hydrogens is 176 g/mol. The van der Waals surface area contributed by atoms with E-state index in [-0.39, 0.29) is 12.0 Å². The number of aryl methyl sites for hydroxylation is 1. The zero-order chi connectivity index (χ0) is 10.9. The van der Waals surface area contributed by atoms with Crippen molar-refractivity contribution in [1.29, 1.82) is 0 Å². The smallest absolute Gasteiger partial charge is 0.114 e. The average Bonchev–Trinajstić information content (AvgIpc) is 2.40. The topological polar surface area (TPSA) is 38.0 Å². The third kappa shape index (κ3) is 1.82. The fourth-order valence-corrected chi connectivity index (χ4v) is 1.74. The van der Waals surface area contributed by atoms with Crippen molar-refractivity contribution in [3.63, 3.8) is 0 Å². The first-order valence-electron chi connectivity index (χ1n) is 5.07. The highest BCUT2D eigenvalue weighted by Crippen LogP contribution is 2.23. The molecule has 80 valence electrons. The van der Waals surface area contributed by atoms with Crippen LogP contribution in [0.2, 0.25) is 0 Å². The molecule has 0 aliphatic carbocycles. The maximum atomic E-state index is 9.25. The number of aliphatic hydroxyl groups excluding tert-OH is 1. The van der Waals surface area contributed by atoms with Gasteiger partial charge in [-0.2, -0.15) is 0 Å². The number of nitrogens with zero attached hydrogens (tertiary/aromatic N) is 2. The van der Waals surface area contributed by atoms with Gasteiger partial charge in [0.05, 0.1) is 18.0 Å². The highest BCUT2D eigenvalue weighted by molar-refractivity contribution is 5.20. The summed E-state index contributed by atoms with van der Waals surface area (Å²) >= 11 is 0. The van der Waals surface area contributed by atoms with Gasteiger partial charge in [-0.05, 0) is 6.42 Å². The summed E-state index contributed by atoms with van der Waals surface area (Å²) in [6.07, 6.45) is 0.875. The molecule has 1 N–H and O–H groups in total. The van der Waals surface area contributed by atoms with Gasteiger partial charge in [0, 0.05) is 12.5 Å². The molecule has 1 aromatic heterocycles. The second-order valence-electron chi connectivity index (χ2n) is 4.65. The first-order valence-corrected chi connectivity index (χ1v) is 5.07. The minimum absolute atomic E-state index is 0.0338. The molecule has 3 nitrogen and oxygen atoms in total. The molecule has 0 spiro atoms. The van der Waals surface area contributed by atoms with Crippen molar-refractivity contribution >= 4 is 0 Å². The molecule has 0 atom stereocenters. The summed E-state index contributed by atoms with van der Waals surface area (Å²) in [7, 11) is 1.97. The molecule has 0 aromatic carbocycles. The van der Waals surface area contributed by atoms with Gasteiger partial charge < -0.3 is 9.67 Å². The Bertz CT molecular complexity index is 321. The number of aromatic nitrogens is 2. The van der Waals surface area contributed by atoms with E-state index in [1.807, 2.05) is 11.6 Å². The van der Waals surface area contributed by atoms with E-state index < -0.39 is 0 Å². The van der Waals surface area contributed by atoms with Crippen LogP contribution in [0.1, 0.15) is 44.9 Å². The molecule has 3 heteroatoms. The van der Waals surface area contributed by atoms with Gasteiger partial charge in [-0.1, -0.05) is 27.7 Å². The van der Waals surface area contributed by atoms with Crippen LogP contribution in [0.25, 0.3) is 0 Å². The van der Waals surface area contributed by atoms with Gasteiger partial charge in [0.25, 0.3) is 0 Å². The van der Waals surface area contributed by atoms with Crippen molar-refractivity contribution in [3.8, 4) is 0 Å². The van der Waals surface area contributed by atoms with Gasteiger partial charge in [0.1, 0.15) is 5.82 Å². The Morgan fingerprint density at radius 3 is 2.21 bits per heavy atom. The monoisotopic (exact) mass is 196 g/mol. The van der Waals surface area contributed by atoms with Crippen LogP contribution in [0.3, 0.4) is 0 Å². The van der Waals surface area contributed by atoms with Crippen LogP contribution in [0, 0.1) is 0 Å². The fraction of sp³-hybridized carbons (Fsp3) is 0.727. The van der Waals surface area contributed by atoms with Gasteiger partial charge in [-0.25, -0.2) is 4.98 Å². The quantitative estimate of drug-likeness (QED) is 0.783. The van der Waals surface area contributed by atoms with E-state index in [4.69, 9.17) is 0 Å². The lowest BCUT2D eigenvalue weighted by atomic mass is 9.96. The lowest BCUT2D eigenvalue weighted by Crippen LogP contribution is -2.18. The van der Waals surface area contributed by atoms with Crippen molar-refractivity contribution in [1.82, 2.24) is 9.55 Å². The SMILES string of the molecule is CCc1nc(C(C)(C)C)n(C)c1CO. The predicted molar refractivity (Wildman–Crippen MR) is 57.2 cm³/mol. The molecule has 0 saturated carbocycles. The molecule has 1 aromatic rings. The van der Waals surface area contributed by atoms with E-state index in [0.717, 1.165) is 23.6 Å². The lowest BCUT2D eigenvalue weighted by molar-refractivity contribution is 0.270. The van der Waals surface area contributed by atoms with Gasteiger partial charge in [0.2, 0.25) is 0 Å². The molecule has 0 aliphatic rings. The Morgan fingerprint density at radius 2 is 1.93 bits per heavy atom. The lowest BCUT2D eigenvalue weighted by Gasteiger charge is -2.18. The van der Waals surface area contributed by atoms with Crippen LogP contribution in [-0.2, 0) is 25.5 Å². The van der Waals surface area contributed by atoms with Crippen LogP contribution >= 0.6 is 0 Å². The zero-order valence-corrected chi connectivity index (χ0v) is 9.76. The van der Waals surface area contributed by atoms with Crippen molar-refractivity contribution in [3.05, 3.63) is 17.2 Å². The average molecular weight is 196 g/mol. The number of imidazole rings is 1. The Kier molecular flexibility index (Phi) is 3.00. The predicted octanol–water partition coefficient (Wildman–Crippen LogP) is 1.77. The minimum Gasteiger partial charge on any atom is -0.390 e. The third-order valence-electron chi connectivity index (χ3n) is 2.45. The van der Waals surface area contributed by atoms with Crippen LogP contribution in [-0.4, -0.2) is 14.7 Å². The number of hydrogen-bond acceptors (Lipinski definition) is 2. The molecule has 0 aliphatic heterocycles. The zero-order valence-electron chi connectivity index (χ0n) is 9.76. The molecule has 0 fully saturated rings. The van der Waals surface area contributed by atoms with Crippen LogP contribution < -0.4 is 0 Å². The molecule has 1 rings (SSSR count). The van der Waals surface area contributed by atoms with E-state index in [1.165, 1.54) is 0 Å². The molecule has 0 bridgehead atoms. The normalized spacial score (nSPS) is 12.1. The number of hydrogen-bond donors (Lipinski definition) is 1. The van der Waals surface area contributed by atoms with Crippen LogP contribution in [0.5, 0.6) is 0 Å². The summed E-state index contributed by atoms with van der Waals surface area (Å²) in [5.41, 5.74) is 1.99. The van der Waals surface area contributed by atoms with Crippen molar-refractivity contribution in [2.75, 3.05) is 0 Å². The Morgan fingerprint density at radius 1 is 1.36 bits per heavy atom. The molecule has 0 unspecified atom stereocenters. The Balaban J connectivity index is 3.28. The summed E-state index contributed by atoms with van der Waals surface area (Å²) in [5.74, 6) is 1.04. The standard InChI is InChI=1S/C11H20N2O/c1-6-8-9(7-14)13(5)10(12-8)11(2,3)4/h14H,6-7H2,1-5H3.